The van der Waals surface area contributed by atoms with Crippen molar-refractivity contribution in [3.8, 4) is 10.6 Å². The minimum Gasteiger partial charge on any atom is -0.316 e. The summed E-state index contributed by atoms with van der Waals surface area (Å²) in [6.07, 6.45) is 1.89. The summed E-state index contributed by atoms with van der Waals surface area (Å²) in [6, 6.07) is 5.00. The van der Waals surface area contributed by atoms with Gasteiger partial charge in [0.1, 0.15) is 10.8 Å². The number of benzene rings is 1. The Morgan fingerprint density at radius 1 is 1.33 bits per heavy atom. The van der Waals surface area contributed by atoms with Crippen molar-refractivity contribution < 1.29 is 4.39 Å². The molecule has 0 saturated carbocycles. The van der Waals surface area contributed by atoms with E-state index in [0.29, 0.717) is 16.5 Å². The number of rotatable bonds is 7. The molecule has 21 heavy (non-hydrogen) atoms. The Morgan fingerprint density at radius 2 is 2.14 bits per heavy atom. The summed E-state index contributed by atoms with van der Waals surface area (Å²) in [6.45, 7) is 6.39. The fraction of sp³-hybridized carbons (Fsp3) is 0.467. The first kappa shape index (κ1) is 16.5. The molecule has 0 spiro atoms. The summed E-state index contributed by atoms with van der Waals surface area (Å²) in [4.78, 5) is 0. The fourth-order valence-corrected chi connectivity index (χ4v) is 3.12. The van der Waals surface area contributed by atoms with Gasteiger partial charge >= 0.3 is 0 Å². The quantitative estimate of drug-likeness (QED) is 0.737. The van der Waals surface area contributed by atoms with E-state index >= 15 is 0 Å². The minimum absolute atomic E-state index is 0.273. The van der Waals surface area contributed by atoms with Gasteiger partial charge in [-0.1, -0.05) is 41.1 Å². The van der Waals surface area contributed by atoms with Crippen molar-refractivity contribution in [2.75, 3.05) is 13.1 Å². The van der Waals surface area contributed by atoms with E-state index in [2.05, 4.69) is 45.3 Å². The van der Waals surface area contributed by atoms with Gasteiger partial charge in [-0.15, -0.1) is 10.2 Å². The molecule has 0 bridgehead atoms. The molecule has 1 aromatic carbocycles. The summed E-state index contributed by atoms with van der Waals surface area (Å²) < 4.78 is 14.6. The van der Waals surface area contributed by atoms with E-state index in [1.54, 1.807) is 6.07 Å². The zero-order valence-electron chi connectivity index (χ0n) is 12.2. The van der Waals surface area contributed by atoms with Crippen LogP contribution in [0.4, 0.5) is 4.39 Å². The molecule has 1 aromatic heterocycles. The van der Waals surface area contributed by atoms with Crippen molar-refractivity contribution in [1.82, 2.24) is 15.5 Å². The number of nitrogens with one attached hydrogen (secondary N) is 1. The van der Waals surface area contributed by atoms with Crippen molar-refractivity contribution in [3.05, 3.63) is 33.5 Å². The predicted molar refractivity (Wildman–Crippen MR) is 89.0 cm³/mol. The maximum atomic E-state index is 13.9. The SMILES string of the molecule is CC(C)CNCCCc1nnc(-c2ccc(Br)cc2F)s1. The number of halogens is 2. The average molecular weight is 372 g/mol. The molecule has 0 amide bonds. The monoisotopic (exact) mass is 371 g/mol. The third-order valence-electron chi connectivity index (χ3n) is 2.93. The first-order valence-corrected chi connectivity index (χ1v) is 8.65. The normalized spacial score (nSPS) is 11.3. The lowest BCUT2D eigenvalue weighted by atomic mass is 10.2. The van der Waals surface area contributed by atoms with E-state index in [1.807, 2.05) is 6.07 Å². The Hall–Kier alpha value is -0.850. The zero-order chi connectivity index (χ0) is 15.2. The second-order valence-electron chi connectivity index (χ2n) is 5.33. The Morgan fingerprint density at radius 3 is 2.86 bits per heavy atom. The molecule has 3 nitrogen and oxygen atoms in total. The Bertz CT molecular complexity index is 586. The standard InChI is InChI=1S/C15H19BrFN3S/c1-10(2)9-18-7-3-4-14-19-20-15(21-14)12-6-5-11(16)8-13(12)17/h5-6,8,10,18H,3-4,7,9H2,1-2H3. The number of aromatic nitrogens is 2. The maximum absolute atomic E-state index is 13.9. The molecule has 0 fully saturated rings. The predicted octanol–water partition coefficient (Wildman–Crippen LogP) is 4.28. The molecular formula is C15H19BrFN3S. The molecular weight excluding hydrogens is 353 g/mol. The Balaban J connectivity index is 1.89. The maximum Gasteiger partial charge on any atom is 0.150 e. The van der Waals surface area contributed by atoms with E-state index in [0.717, 1.165) is 35.4 Å². The third kappa shape index (κ3) is 5.13. The first-order chi connectivity index (χ1) is 10.1. The lowest BCUT2D eigenvalue weighted by Gasteiger charge is -2.05. The summed E-state index contributed by atoms with van der Waals surface area (Å²) in [7, 11) is 0. The number of nitrogens with zero attached hydrogens (tertiary/aromatic N) is 2. The molecule has 1 N–H and O–H groups in total. The van der Waals surface area contributed by atoms with Crippen LogP contribution in [0.15, 0.2) is 22.7 Å². The molecule has 0 aliphatic rings. The van der Waals surface area contributed by atoms with Crippen molar-refractivity contribution in [3.63, 3.8) is 0 Å². The van der Waals surface area contributed by atoms with Crippen molar-refractivity contribution >= 4 is 27.3 Å². The smallest absolute Gasteiger partial charge is 0.150 e. The third-order valence-corrected chi connectivity index (χ3v) is 4.43. The fourth-order valence-electron chi connectivity index (χ4n) is 1.88. The lowest BCUT2D eigenvalue weighted by Crippen LogP contribution is -2.21. The number of hydrogen-bond acceptors (Lipinski definition) is 4. The van der Waals surface area contributed by atoms with Crippen LogP contribution < -0.4 is 5.32 Å². The van der Waals surface area contributed by atoms with Gasteiger partial charge in [0, 0.05) is 16.5 Å². The summed E-state index contributed by atoms with van der Waals surface area (Å²) in [5, 5.41) is 13.2. The highest BCUT2D eigenvalue weighted by Crippen LogP contribution is 2.28. The van der Waals surface area contributed by atoms with E-state index in [4.69, 9.17) is 0 Å². The summed E-state index contributed by atoms with van der Waals surface area (Å²) in [5.41, 5.74) is 0.514. The summed E-state index contributed by atoms with van der Waals surface area (Å²) in [5.74, 6) is 0.393. The highest BCUT2D eigenvalue weighted by Gasteiger charge is 2.11. The van der Waals surface area contributed by atoms with Crippen LogP contribution in [0.5, 0.6) is 0 Å². The van der Waals surface area contributed by atoms with Crippen LogP contribution in [-0.2, 0) is 6.42 Å². The highest BCUT2D eigenvalue weighted by molar-refractivity contribution is 9.10. The van der Waals surface area contributed by atoms with Crippen LogP contribution in [0.3, 0.4) is 0 Å². The molecule has 2 aromatic rings. The molecule has 2 rings (SSSR count). The minimum atomic E-state index is -0.273. The number of aryl methyl sites for hydroxylation is 1. The molecule has 0 aliphatic carbocycles. The van der Waals surface area contributed by atoms with Crippen molar-refractivity contribution in [2.45, 2.75) is 26.7 Å². The van der Waals surface area contributed by atoms with Crippen LogP contribution in [0, 0.1) is 11.7 Å². The van der Waals surface area contributed by atoms with Gasteiger partial charge in [0.2, 0.25) is 0 Å². The molecule has 1 heterocycles. The van der Waals surface area contributed by atoms with Crippen LogP contribution in [-0.4, -0.2) is 23.3 Å². The van der Waals surface area contributed by atoms with Crippen LogP contribution >= 0.6 is 27.3 Å². The highest BCUT2D eigenvalue weighted by atomic mass is 79.9. The molecule has 6 heteroatoms. The van der Waals surface area contributed by atoms with Gasteiger partial charge in [0.05, 0.1) is 0 Å². The lowest BCUT2D eigenvalue weighted by molar-refractivity contribution is 0.542. The van der Waals surface area contributed by atoms with Gasteiger partial charge < -0.3 is 5.32 Å². The summed E-state index contributed by atoms with van der Waals surface area (Å²) >= 11 is 4.72. The second-order valence-corrected chi connectivity index (χ2v) is 7.30. The van der Waals surface area contributed by atoms with E-state index in [-0.39, 0.29) is 5.82 Å². The van der Waals surface area contributed by atoms with Crippen LogP contribution in [0.2, 0.25) is 0 Å². The van der Waals surface area contributed by atoms with Gasteiger partial charge in [0.25, 0.3) is 0 Å². The van der Waals surface area contributed by atoms with Crippen LogP contribution in [0.25, 0.3) is 10.6 Å². The molecule has 0 atom stereocenters. The Labute approximate surface area is 137 Å². The average Bonchev–Trinajstić information content (AvgIpc) is 2.86. The van der Waals surface area contributed by atoms with Gasteiger partial charge in [0.15, 0.2) is 5.01 Å². The van der Waals surface area contributed by atoms with Gasteiger partial charge in [-0.2, -0.15) is 0 Å². The van der Waals surface area contributed by atoms with Gasteiger partial charge in [-0.05, 0) is 43.6 Å². The van der Waals surface area contributed by atoms with Crippen molar-refractivity contribution in [1.29, 1.82) is 0 Å². The van der Waals surface area contributed by atoms with E-state index in [1.165, 1.54) is 17.4 Å². The van der Waals surface area contributed by atoms with E-state index in [9.17, 15) is 4.39 Å². The Kier molecular flexibility index (Phi) is 6.26. The van der Waals surface area contributed by atoms with Crippen LogP contribution in [0.1, 0.15) is 25.3 Å². The van der Waals surface area contributed by atoms with Gasteiger partial charge in [-0.3, -0.25) is 0 Å². The topological polar surface area (TPSA) is 37.8 Å². The van der Waals surface area contributed by atoms with E-state index < -0.39 is 0 Å². The zero-order valence-corrected chi connectivity index (χ0v) is 14.6. The van der Waals surface area contributed by atoms with Gasteiger partial charge in [-0.25, -0.2) is 4.39 Å². The van der Waals surface area contributed by atoms with Crippen molar-refractivity contribution in [2.24, 2.45) is 5.92 Å². The molecule has 0 aliphatic heterocycles. The molecule has 114 valence electrons. The molecule has 0 radical (unpaired) electrons. The number of hydrogen-bond donors (Lipinski definition) is 1. The first-order valence-electron chi connectivity index (χ1n) is 7.05. The largest absolute Gasteiger partial charge is 0.316 e. The molecule has 0 saturated heterocycles. The second kappa shape index (κ2) is 7.96. The molecule has 0 unspecified atom stereocenters.